The largest absolute Gasteiger partial charge is 0.187 e. The molecule has 1 aliphatic heterocycles. The summed E-state index contributed by atoms with van der Waals surface area (Å²) in [4.78, 5) is 0. The highest BCUT2D eigenvalue weighted by molar-refractivity contribution is 5.21. The minimum Gasteiger partial charge on any atom is -0.187 e. The van der Waals surface area contributed by atoms with Crippen LogP contribution < -0.4 is 0 Å². The van der Waals surface area contributed by atoms with E-state index >= 15 is 0 Å². The molecule has 0 N–H and O–H groups in total. The molecule has 0 aromatic carbocycles. The maximum absolute atomic E-state index is 4.09. The van der Waals surface area contributed by atoms with Gasteiger partial charge in [-0.25, -0.2) is 0 Å². The molecular weight excluding hydrogens is 112 g/mol. The summed E-state index contributed by atoms with van der Waals surface area (Å²) in [6.45, 7) is 0. The van der Waals surface area contributed by atoms with Crippen molar-refractivity contribution in [3.05, 3.63) is 12.2 Å². The maximum atomic E-state index is 4.09. The molecule has 1 heterocycles. The Morgan fingerprint density at radius 3 is 1.89 bits per heavy atom. The zero-order valence-corrected chi connectivity index (χ0v) is 5.07. The van der Waals surface area contributed by atoms with Gasteiger partial charge in [0.2, 0.25) is 0 Å². The molecule has 0 aromatic heterocycles. The molecule has 46 valence electrons. The van der Waals surface area contributed by atoms with Crippen molar-refractivity contribution in [1.29, 1.82) is 0 Å². The maximum Gasteiger partial charge on any atom is 0.102 e. The summed E-state index contributed by atoms with van der Waals surface area (Å²) in [5, 5.41) is 8.17. The second kappa shape index (κ2) is 1.11. The first-order chi connectivity index (χ1) is 4.45. The van der Waals surface area contributed by atoms with E-state index in [0.717, 1.165) is 11.8 Å². The van der Waals surface area contributed by atoms with E-state index in [4.69, 9.17) is 0 Å². The van der Waals surface area contributed by atoms with Crippen LogP contribution in [-0.2, 0) is 0 Å². The van der Waals surface area contributed by atoms with E-state index in [-0.39, 0.29) is 0 Å². The van der Waals surface area contributed by atoms with Gasteiger partial charge >= 0.3 is 0 Å². The van der Waals surface area contributed by atoms with Crippen LogP contribution in [0.15, 0.2) is 22.4 Å². The van der Waals surface area contributed by atoms with Gasteiger partial charge < -0.3 is 0 Å². The van der Waals surface area contributed by atoms with E-state index in [1.807, 2.05) is 0 Å². The van der Waals surface area contributed by atoms with E-state index in [9.17, 15) is 0 Å². The smallest absolute Gasteiger partial charge is 0.102 e. The lowest BCUT2D eigenvalue weighted by Crippen LogP contribution is -2.33. The molecule has 0 unspecified atom stereocenters. The molecule has 9 heavy (non-hydrogen) atoms. The van der Waals surface area contributed by atoms with Crippen LogP contribution in [0.3, 0.4) is 0 Å². The molecule has 0 saturated heterocycles. The van der Waals surface area contributed by atoms with Crippen LogP contribution in [0.1, 0.15) is 6.42 Å². The average Bonchev–Trinajstić information content (AvgIpc) is 2.18. The van der Waals surface area contributed by atoms with Crippen molar-refractivity contribution < 1.29 is 0 Å². The highest BCUT2D eigenvalue weighted by Crippen LogP contribution is 2.47. The van der Waals surface area contributed by atoms with Gasteiger partial charge in [0, 0.05) is 11.8 Å². The van der Waals surface area contributed by atoms with E-state index in [1.54, 1.807) is 0 Å². The molecule has 2 heteroatoms. The Hall–Kier alpha value is -0.660. The molecule has 2 bridgehead atoms. The second-order valence-electron chi connectivity index (χ2n) is 3.16. The lowest BCUT2D eigenvalue weighted by atomic mass is 9.95. The van der Waals surface area contributed by atoms with Gasteiger partial charge in [0.1, 0.15) is 12.1 Å². The SMILES string of the molecule is C1=C[C@H]2C[C@H]1[C@@H]1N=N[C@H]12. The Morgan fingerprint density at radius 2 is 1.56 bits per heavy atom. The first-order valence-electron chi connectivity index (χ1n) is 3.53. The number of nitrogens with zero attached hydrogens (tertiary/aromatic N) is 2. The number of rotatable bonds is 0. The molecule has 1 saturated carbocycles. The highest BCUT2D eigenvalue weighted by Gasteiger charge is 2.49. The molecular formula is C7H8N2. The summed E-state index contributed by atoms with van der Waals surface area (Å²) in [5.41, 5.74) is 0. The lowest BCUT2D eigenvalue weighted by molar-refractivity contribution is 0.379. The molecule has 3 aliphatic rings. The van der Waals surface area contributed by atoms with Crippen LogP contribution in [0.25, 0.3) is 0 Å². The monoisotopic (exact) mass is 120 g/mol. The summed E-state index contributed by atoms with van der Waals surface area (Å²) in [6, 6.07) is 1.19. The molecule has 0 spiro atoms. The zero-order valence-electron chi connectivity index (χ0n) is 5.07. The Bertz CT molecular complexity index is 183. The predicted octanol–water partition coefficient (Wildman–Crippen LogP) is 1.40. The summed E-state index contributed by atoms with van der Waals surface area (Å²) < 4.78 is 0. The lowest BCUT2D eigenvalue weighted by Gasteiger charge is -2.26. The molecule has 2 nitrogen and oxygen atoms in total. The minimum atomic E-state index is 0.597. The Morgan fingerprint density at radius 1 is 1.00 bits per heavy atom. The van der Waals surface area contributed by atoms with E-state index in [0.29, 0.717) is 12.1 Å². The third-order valence-electron chi connectivity index (χ3n) is 2.71. The molecule has 2 aliphatic carbocycles. The van der Waals surface area contributed by atoms with Crippen LogP contribution in [-0.4, -0.2) is 12.1 Å². The number of azo groups is 1. The predicted molar refractivity (Wildman–Crippen MR) is 33.2 cm³/mol. The van der Waals surface area contributed by atoms with Gasteiger partial charge in [-0.15, -0.1) is 0 Å². The fraction of sp³-hybridized carbons (Fsp3) is 0.714. The fourth-order valence-corrected chi connectivity index (χ4v) is 2.16. The van der Waals surface area contributed by atoms with Gasteiger partial charge in [-0.05, 0) is 6.42 Å². The Labute approximate surface area is 53.7 Å². The normalized spacial score (nSPS) is 57.8. The zero-order chi connectivity index (χ0) is 5.84. The van der Waals surface area contributed by atoms with Crippen molar-refractivity contribution in [3.63, 3.8) is 0 Å². The molecule has 3 rings (SSSR count). The van der Waals surface area contributed by atoms with Crippen LogP contribution in [0, 0.1) is 11.8 Å². The number of hydrogen-bond donors (Lipinski definition) is 0. The van der Waals surface area contributed by atoms with Crippen molar-refractivity contribution in [1.82, 2.24) is 0 Å². The van der Waals surface area contributed by atoms with Crippen molar-refractivity contribution in [3.8, 4) is 0 Å². The standard InChI is InChI=1S/C7H8N2/c1-2-5-3-4(1)6-7(5)9-8-6/h1-2,4-7H,3H2/t4-,5-,6-,7-/m0/s1. The summed E-state index contributed by atoms with van der Waals surface area (Å²) in [7, 11) is 0. The highest BCUT2D eigenvalue weighted by atomic mass is 15.3. The summed E-state index contributed by atoms with van der Waals surface area (Å²) in [5.74, 6) is 1.52. The average molecular weight is 120 g/mol. The molecule has 1 fully saturated rings. The van der Waals surface area contributed by atoms with E-state index < -0.39 is 0 Å². The van der Waals surface area contributed by atoms with Gasteiger partial charge in [-0.2, -0.15) is 10.2 Å². The van der Waals surface area contributed by atoms with Crippen molar-refractivity contribution >= 4 is 0 Å². The first-order valence-corrected chi connectivity index (χ1v) is 3.53. The van der Waals surface area contributed by atoms with E-state index in [2.05, 4.69) is 22.4 Å². The van der Waals surface area contributed by atoms with Crippen molar-refractivity contribution in [2.24, 2.45) is 22.1 Å². The topological polar surface area (TPSA) is 24.7 Å². The van der Waals surface area contributed by atoms with Crippen LogP contribution in [0.4, 0.5) is 0 Å². The molecule has 0 radical (unpaired) electrons. The van der Waals surface area contributed by atoms with Crippen molar-refractivity contribution in [2.75, 3.05) is 0 Å². The Kier molecular flexibility index (Phi) is 0.516. The summed E-state index contributed by atoms with van der Waals surface area (Å²) >= 11 is 0. The van der Waals surface area contributed by atoms with E-state index in [1.165, 1.54) is 6.42 Å². The molecule has 0 aromatic rings. The van der Waals surface area contributed by atoms with Gasteiger partial charge in [-0.1, -0.05) is 12.2 Å². The third-order valence-corrected chi connectivity index (χ3v) is 2.71. The third kappa shape index (κ3) is 0.326. The van der Waals surface area contributed by atoms with Crippen LogP contribution in [0.5, 0.6) is 0 Å². The van der Waals surface area contributed by atoms with Gasteiger partial charge in [0.15, 0.2) is 0 Å². The minimum absolute atomic E-state index is 0.597. The first kappa shape index (κ1) is 4.20. The quantitative estimate of drug-likeness (QED) is 0.432. The van der Waals surface area contributed by atoms with Gasteiger partial charge in [0.05, 0.1) is 0 Å². The van der Waals surface area contributed by atoms with Crippen molar-refractivity contribution in [2.45, 2.75) is 18.5 Å². The Balaban J connectivity index is 2.10. The van der Waals surface area contributed by atoms with Gasteiger partial charge in [-0.3, -0.25) is 0 Å². The van der Waals surface area contributed by atoms with Gasteiger partial charge in [0.25, 0.3) is 0 Å². The second-order valence-corrected chi connectivity index (χ2v) is 3.16. The number of hydrogen-bond acceptors (Lipinski definition) is 2. The molecule has 0 amide bonds. The number of fused-ring (bicyclic) bond motifs is 5. The van der Waals surface area contributed by atoms with Crippen LogP contribution in [0.2, 0.25) is 0 Å². The van der Waals surface area contributed by atoms with Crippen LogP contribution >= 0.6 is 0 Å². The summed E-state index contributed by atoms with van der Waals surface area (Å²) in [6.07, 6.45) is 5.94. The molecule has 4 atom stereocenters. The fourth-order valence-electron chi connectivity index (χ4n) is 2.16.